The molecule has 2 saturated heterocycles. The lowest BCUT2D eigenvalue weighted by molar-refractivity contribution is 0.0543. The number of hydrogen-bond acceptors (Lipinski definition) is 4. The quantitative estimate of drug-likeness (QED) is 0.931. The molecule has 4 rings (SSSR count). The standard InChI is InChI=1S/C19H20N4O2/c24-18(16-5-1-3-9-20-16)22-13-11-14-7-8-15(12-13)23(14)19(25)17-6-2-4-10-21-17/h1-6,9-10,13-15H,7-8,11-12H2,(H,22,24). The van der Waals surface area contributed by atoms with Crippen LogP contribution in [0.15, 0.2) is 48.8 Å². The minimum atomic E-state index is -0.144. The van der Waals surface area contributed by atoms with Crippen molar-refractivity contribution in [2.75, 3.05) is 0 Å². The number of nitrogens with one attached hydrogen (secondary N) is 1. The maximum Gasteiger partial charge on any atom is 0.272 e. The van der Waals surface area contributed by atoms with Gasteiger partial charge in [0, 0.05) is 30.5 Å². The van der Waals surface area contributed by atoms with Gasteiger partial charge >= 0.3 is 0 Å². The minimum Gasteiger partial charge on any atom is -0.348 e. The van der Waals surface area contributed by atoms with E-state index in [0.29, 0.717) is 11.4 Å². The Hall–Kier alpha value is -2.76. The van der Waals surface area contributed by atoms with Gasteiger partial charge in [0.05, 0.1) is 0 Å². The molecule has 2 aromatic heterocycles. The first-order valence-corrected chi connectivity index (χ1v) is 8.68. The molecule has 0 aromatic carbocycles. The lowest BCUT2D eigenvalue weighted by atomic mass is 9.96. The van der Waals surface area contributed by atoms with E-state index in [1.165, 1.54) is 0 Å². The SMILES string of the molecule is O=C(NC1CC2CCC(C1)N2C(=O)c1ccccn1)c1ccccn1. The number of hydrogen-bond donors (Lipinski definition) is 1. The topological polar surface area (TPSA) is 75.2 Å². The third kappa shape index (κ3) is 3.12. The van der Waals surface area contributed by atoms with Gasteiger partial charge in [-0.2, -0.15) is 0 Å². The highest BCUT2D eigenvalue weighted by molar-refractivity contribution is 5.93. The van der Waals surface area contributed by atoms with Crippen LogP contribution in [-0.4, -0.2) is 44.8 Å². The van der Waals surface area contributed by atoms with Crippen LogP contribution in [0.1, 0.15) is 46.7 Å². The molecule has 0 radical (unpaired) electrons. The molecule has 2 fully saturated rings. The fourth-order valence-corrected chi connectivity index (χ4v) is 4.00. The van der Waals surface area contributed by atoms with Gasteiger partial charge in [0.25, 0.3) is 11.8 Å². The van der Waals surface area contributed by atoms with E-state index in [4.69, 9.17) is 0 Å². The largest absolute Gasteiger partial charge is 0.348 e. The summed E-state index contributed by atoms with van der Waals surface area (Å²) in [5.74, 6) is -0.142. The summed E-state index contributed by atoms with van der Waals surface area (Å²) in [4.78, 5) is 35.4. The van der Waals surface area contributed by atoms with Gasteiger partial charge < -0.3 is 10.2 Å². The van der Waals surface area contributed by atoms with E-state index in [1.54, 1.807) is 36.7 Å². The minimum absolute atomic E-state index is 0.00241. The second-order valence-corrected chi connectivity index (χ2v) is 6.67. The van der Waals surface area contributed by atoms with E-state index in [-0.39, 0.29) is 29.9 Å². The van der Waals surface area contributed by atoms with Crippen LogP contribution in [-0.2, 0) is 0 Å². The van der Waals surface area contributed by atoms with Crippen LogP contribution in [0.3, 0.4) is 0 Å². The highest BCUT2D eigenvalue weighted by Gasteiger charge is 2.44. The Morgan fingerprint density at radius 1 is 0.920 bits per heavy atom. The average molecular weight is 336 g/mol. The molecular weight excluding hydrogens is 316 g/mol. The summed E-state index contributed by atoms with van der Waals surface area (Å²) >= 11 is 0. The zero-order valence-corrected chi connectivity index (χ0v) is 13.8. The number of piperidine rings is 1. The van der Waals surface area contributed by atoms with Crippen molar-refractivity contribution in [2.24, 2.45) is 0 Å². The zero-order chi connectivity index (χ0) is 17.2. The summed E-state index contributed by atoms with van der Waals surface area (Å²) in [5, 5.41) is 3.08. The molecule has 2 aromatic rings. The molecule has 2 amide bonds. The second-order valence-electron chi connectivity index (χ2n) is 6.67. The molecule has 6 nitrogen and oxygen atoms in total. The van der Waals surface area contributed by atoms with Crippen LogP contribution in [0.4, 0.5) is 0 Å². The van der Waals surface area contributed by atoms with Gasteiger partial charge in [-0.15, -0.1) is 0 Å². The maximum atomic E-state index is 12.8. The van der Waals surface area contributed by atoms with Crippen molar-refractivity contribution >= 4 is 11.8 Å². The number of aromatic nitrogens is 2. The van der Waals surface area contributed by atoms with E-state index in [0.717, 1.165) is 25.7 Å². The van der Waals surface area contributed by atoms with E-state index < -0.39 is 0 Å². The second kappa shape index (κ2) is 6.63. The molecule has 4 heterocycles. The molecule has 0 aliphatic carbocycles. The maximum absolute atomic E-state index is 12.8. The molecule has 2 aliphatic rings. The highest BCUT2D eigenvalue weighted by atomic mass is 16.2. The molecule has 0 spiro atoms. The van der Waals surface area contributed by atoms with Gasteiger partial charge in [0.1, 0.15) is 11.4 Å². The Labute approximate surface area is 146 Å². The Kier molecular flexibility index (Phi) is 4.17. The monoisotopic (exact) mass is 336 g/mol. The molecule has 6 heteroatoms. The molecule has 2 atom stereocenters. The third-order valence-corrected chi connectivity index (χ3v) is 5.08. The molecule has 25 heavy (non-hydrogen) atoms. The predicted octanol–water partition coefficient (Wildman–Crippen LogP) is 2.04. The lowest BCUT2D eigenvalue weighted by Crippen LogP contribution is -2.52. The Bertz CT molecular complexity index is 752. The van der Waals surface area contributed by atoms with E-state index in [1.807, 2.05) is 17.0 Å². The zero-order valence-electron chi connectivity index (χ0n) is 13.8. The Balaban J connectivity index is 1.43. The van der Waals surface area contributed by atoms with Crippen molar-refractivity contribution in [2.45, 2.75) is 43.8 Å². The van der Waals surface area contributed by atoms with Gasteiger partial charge in [-0.1, -0.05) is 12.1 Å². The van der Waals surface area contributed by atoms with Crippen LogP contribution in [0, 0.1) is 0 Å². The number of fused-ring (bicyclic) bond motifs is 2. The molecular formula is C19H20N4O2. The number of rotatable bonds is 3. The van der Waals surface area contributed by atoms with Crippen LogP contribution < -0.4 is 5.32 Å². The van der Waals surface area contributed by atoms with Gasteiger partial charge in [-0.05, 0) is 49.9 Å². The normalized spacial score (nSPS) is 24.8. The summed E-state index contributed by atoms with van der Waals surface area (Å²) in [6, 6.07) is 11.1. The van der Waals surface area contributed by atoms with Crippen molar-refractivity contribution in [3.05, 3.63) is 60.2 Å². The van der Waals surface area contributed by atoms with Crippen molar-refractivity contribution in [1.82, 2.24) is 20.2 Å². The Morgan fingerprint density at radius 3 is 2.08 bits per heavy atom. The van der Waals surface area contributed by atoms with Gasteiger partial charge in [-0.3, -0.25) is 19.6 Å². The van der Waals surface area contributed by atoms with Crippen LogP contribution in [0.25, 0.3) is 0 Å². The van der Waals surface area contributed by atoms with Crippen molar-refractivity contribution in [1.29, 1.82) is 0 Å². The fourth-order valence-electron chi connectivity index (χ4n) is 4.00. The van der Waals surface area contributed by atoms with Crippen molar-refractivity contribution < 1.29 is 9.59 Å². The number of nitrogens with zero attached hydrogens (tertiary/aromatic N) is 3. The summed E-state index contributed by atoms with van der Waals surface area (Å²) in [6.07, 6.45) is 6.81. The summed E-state index contributed by atoms with van der Waals surface area (Å²) < 4.78 is 0. The van der Waals surface area contributed by atoms with E-state index in [9.17, 15) is 9.59 Å². The smallest absolute Gasteiger partial charge is 0.272 e. The van der Waals surface area contributed by atoms with Gasteiger partial charge in [-0.25, -0.2) is 0 Å². The lowest BCUT2D eigenvalue weighted by Gasteiger charge is -2.39. The first-order valence-electron chi connectivity index (χ1n) is 8.68. The third-order valence-electron chi connectivity index (χ3n) is 5.08. The summed E-state index contributed by atoms with van der Waals surface area (Å²) in [5.41, 5.74) is 0.928. The summed E-state index contributed by atoms with van der Waals surface area (Å²) in [7, 11) is 0. The molecule has 1 N–H and O–H groups in total. The van der Waals surface area contributed by atoms with Crippen LogP contribution in [0.2, 0.25) is 0 Å². The molecule has 2 bridgehead atoms. The predicted molar refractivity (Wildman–Crippen MR) is 91.9 cm³/mol. The van der Waals surface area contributed by atoms with Gasteiger partial charge in [0.15, 0.2) is 0 Å². The van der Waals surface area contributed by atoms with Crippen LogP contribution in [0.5, 0.6) is 0 Å². The van der Waals surface area contributed by atoms with Crippen molar-refractivity contribution in [3.8, 4) is 0 Å². The van der Waals surface area contributed by atoms with E-state index >= 15 is 0 Å². The summed E-state index contributed by atoms with van der Waals surface area (Å²) in [6.45, 7) is 0. The molecule has 0 saturated carbocycles. The fraction of sp³-hybridized carbons (Fsp3) is 0.368. The first kappa shape index (κ1) is 15.7. The average Bonchev–Trinajstić information content (AvgIpc) is 2.93. The number of amides is 2. The molecule has 2 aliphatic heterocycles. The van der Waals surface area contributed by atoms with E-state index in [2.05, 4.69) is 15.3 Å². The number of pyridine rings is 2. The Morgan fingerprint density at radius 2 is 1.52 bits per heavy atom. The first-order chi connectivity index (χ1) is 12.2. The highest BCUT2D eigenvalue weighted by Crippen LogP contribution is 2.36. The molecule has 128 valence electrons. The number of carbonyl (C=O) groups excluding carboxylic acids is 2. The number of carbonyl (C=O) groups is 2. The van der Waals surface area contributed by atoms with Gasteiger partial charge in [0.2, 0.25) is 0 Å². The molecule has 2 unspecified atom stereocenters. The van der Waals surface area contributed by atoms with Crippen molar-refractivity contribution in [3.63, 3.8) is 0 Å². The van der Waals surface area contributed by atoms with Crippen LogP contribution >= 0.6 is 0 Å².